The lowest BCUT2D eigenvalue weighted by atomic mass is 9.66. The number of nitrogens with zero attached hydrogens (tertiary/aromatic N) is 2. The molecule has 4 unspecified atom stereocenters. The molecule has 114 valence electrons. The molecule has 0 amide bonds. The summed E-state index contributed by atoms with van der Waals surface area (Å²) in [4.78, 5) is 2.55. The highest BCUT2D eigenvalue weighted by Crippen LogP contribution is 2.45. The second-order valence-electron chi connectivity index (χ2n) is 7.90. The standard InChI is InChI=1S/C18H32N2/c1-6-18(3,4)16-10-9-15(12-19)17(11-16)20(5)13(2)14-7-8-14/h13-17H,6-11H2,1-5H3. The fraction of sp³-hybridized carbons (Fsp3) is 0.944. The van der Waals surface area contributed by atoms with Crippen LogP contribution in [-0.2, 0) is 0 Å². The van der Waals surface area contributed by atoms with Crippen LogP contribution in [-0.4, -0.2) is 24.0 Å². The zero-order chi connectivity index (χ0) is 14.9. The van der Waals surface area contributed by atoms with Gasteiger partial charge in [-0.2, -0.15) is 5.26 Å². The van der Waals surface area contributed by atoms with Crippen molar-refractivity contribution in [3.8, 4) is 6.07 Å². The summed E-state index contributed by atoms with van der Waals surface area (Å²) in [6, 6.07) is 3.72. The van der Waals surface area contributed by atoms with Crippen molar-refractivity contribution in [2.45, 2.75) is 78.3 Å². The van der Waals surface area contributed by atoms with Crippen molar-refractivity contribution in [1.82, 2.24) is 4.90 Å². The van der Waals surface area contributed by atoms with Crippen molar-refractivity contribution in [2.75, 3.05) is 7.05 Å². The average Bonchev–Trinajstić information content (AvgIpc) is 3.29. The van der Waals surface area contributed by atoms with Crippen LogP contribution in [0.25, 0.3) is 0 Å². The SMILES string of the molecule is CCC(C)(C)C1CCC(C#N)C(N(C)C(C)C2CC2)C1. The molecule has 20 heavy (non-hydrogen) atoms. The van der Waals surface area contributed by atoms with E-state index >= 15 is 0 Å². The van der Waals surface area contributed by atoms with Gasteiger partial charge in [0.25, 0.3) is 0 Å². The fourth-order valence-electron chi connectivity index (χ4n) is 3.96. The first kappa shape index (κ1) is 15.8. The number of nitriles is 1. The molecular weight excluding hydrogens is 244 g/mol. The predicted octanol–water partition coefficient (Wildman–Crippen LogP) is 4.46. The molecule has 0 saturated heterocycles. The van der Waals surface area contributed by atoms with E-state index in [0.717, 1.165) is 18.3 Å². The van der Waals surface area contributed by atoms with E-state index < -0.39 is 0 Å². The Morgan fingerprint density at radius 2 is 1.90 bits per heavy atom. The van der Waals surface area contributed by atoms with Gasteiger partial charge < -0.3 is 0 Å². The zero-order valence-electron chi connectivity index (χ0n) is 14.0. The van der Waals surface area contributed by atoms with Crippen molar-refractivity contribution >= 4 is 0 Å². The first-order valence-corrected chi connectivity index (χ1v) is 8.52. The summed E-state index contributed by atoms with van der Waals surface area (Å²) in [5, 5.41) is 9.52. The van der Waals surface area contributed by atoms with E-state index in [0.29, 0.717) is 17.5 Å². The predicted molar refractivity (Wildman–Crippen MR) is 84.3 cm³/mol. The fourth-order valence-corrected chi connectivity index (χ4v) is 3.96. The molecule has 2 fully saturated rings. The largest absolute Gasteiger partial charge is 0.299 e. The van der Waals surface area contributed by atoms with Gasteiger partial charge in [0.05, 0.1) is 12.0 Å². The average molecular weight is 276 g/mol. The summed E-state index contributed by atoms with van der Waals surface area (Å²) >= 11 is 0. The molecular formula is C18H32N2. The van der Waals surface area contributed by atoms with Gasteiger partial charge in [0.1, 0.15) is 0 Å². The Kier molecular flexibility index (Phi) is 4.80. The van der Waals surface area contributed by atoms with Gasteiger partial charge in [-0.05, 0) is 63.3 Å². The molecule has 0 spiro atoms. The maximum absolute atomic E-state index is 9.52. The summed E-state index contributed by atoms with van der Waals surface area (Å²) in [5.74, 6) is 1.90. The van der Waals surface area contributed by atoms with Gasteiger partial charge in [-0.15, -0.1) is 0 Å². The van der Waals surface area contributed by atoms with Gasteiger partial charge in [-0.25, -0.2) is 0 Å². The lowest BCUT2D eigenvalue weighted by Gasteiger charge is -2.46. The van der Waals surface area contributed by atoms with Gasteiger partial charge in [0.15, 0.2) is 0 Å². The molecule has 0 N–H and O–H groups in total. The van der Waals surface area contributed by atoms with E-state index in [1.807, 2.05) is 0 Å². The van der Waals surface area contributed by atoms with E-state index in [1.165, 1.54) is 32.1 Å². The van der Waals surface area contributed by atoms with Crippen LogP contribution >= 0.6 is 0 Å². The summed E-state index contributed by atoms with van der Waals surface area (Å²) in [6.07, 6.45) is 7.56. The third kappa shape index (κ3) is 3.19. The second kappa shape index (κ2) is 6.06. The molecule has 0 aliphatic heterocycles. The molecule has 0 radical (unpaired) electrons. The molecule has 0 bridgehead atoms. The van der Waals surface area contributed by atoms with Crippen LogP contribution < -0.4 is 0 Å². The molecule has 0 heterocycles. The minimum atomic E-state index is 0.241. The number of rotatable bonds is 5. The Morgan fingerprint density at radius 1 is 1.25 bits per heavy atom. The van der Waals surface area contributed by atoms with Crippen LogP contribution in [0.5, 0.6) is 0 Å². The van der Waals surface area contributed by atoms with Gasteiger partial charge in [-0.1, -0.05) is 27.2 Å². The molecule has 0 aromatic rings. The van der Waals surface area contributed by atoms with Crippen molar-refractivity contribution in [3.63, 3.8) is 0 Å². The minimum absolute atomic E-state index is 0.241. The first-order chi connectivity index (χ1) is 9.40. The maximum Gasteiger partial charge on any atom is 0.0672 e. The summed E-state index contributed by atoms with van der Waals surface area (Å²) in [5.41, 5.74) is 0.419. The normalized spacial score (nSPS) is 33.0. The van der Waals surface area contributed by atoms with E-state index in [9.17, 15) is 5.26 Å². The molecule has 0 aromatic heterocycles. The first-order valence-electron chi connectivity index (χ1n) is 8.52. The van der Waals surface area contributed by atoms with Gasteiger partial charge in [0.2, 0.25) is 0 Å². The highest BCUT2D eigenvalue weighted by atomic mass is 15.2. The lowest BCUT2D eigenvalue weighted by Crippen LogP contribution is -2.48. The van der Waals surface area contributed by atoms with E-state index in [4.69, 9.17) is 0 Å². The van der Waals surface area contributed by atoms with Crippen molar-refractivity contribution < 1.29 is 0 Å². The smallest absolute Gasteiger partial charge is 0.0672 e. The molecule has 2 heteroatoms. The molecule has 2 saturated carbocycles. The van der Waals surface area contributed by atoms with E-state index in [-0.39, 0.29) is 5.92 Å². The third-order valence-electron chi connectivity index (χ3n) is 6.47. The van der Waals surface area contributed by atoms with Crippen LogP contribution in [0.15, 0.2) is 0 Å². The second-order valence-corrected chi connectivity index (χ2v) is 7.90. The zero-order valence-corrected chi connectivity index (χ0v) is 14.0. The maximum atomic E-state index is 9.52. The van der Waals surface area contributed by atoms with Crippen LogP contribution in [0, 0.1) is 34.5 Å². The van der Waals surface area contributed by atoms with Crippen LogP contribution in [0.2, 0.25) is 0 Å². The highest BCUT2D eigenvalue weighted by molar-refractivity contribution is 5.01. The summed E-state index contributed by atoms with van der Waals surface area (Å²) < 4.78 is 0. The molecule has 0 aromatic carbocycles. The molecule has 4 atom stereocenters. The molecule has 2 aliphatic carbocycles. The van der Waals surface area contributed by atoms with Crippen LogP contribution in [0.4, 0.5) is 0 Å². The van der Waals surface area contributed by atoms with Gasteiger partial charge in [-0.3, -0.25) is 4.90 Å². The number of hydrogen-bond donors (Lipinski definition) is 0. The topological polar surface area (TPSA) is 27.0 Å². The van der Waals surface area contributed by atoms with Crippen LogP contribution in [0.1, 0.15) is 66.2 Å². The third-order valence-corrected chi connectivity index (χ3v) is 6.47. The number of hydrogen-bond acceptors (Lipinski definition) is 2. The molecule has 2 nitrogen and oxygen atoms in total. The van der Waals surface area contributed by atoms with Crippen molar-refractivity contribution in [3.05, 3.63) is 0 Å². The summed E-state index contributed by atoms with van der Waals surface area (Å²) in [7, 11) is 2.26. The Labute approximate surface area is 125 Å². The lowest BCUT2D eigenvalue weighted by molar-refractivity contribution is 0.0426. The van der Waals surface area contributed by atoms with Crippen LogP contribution in [0.3, 0.4) is 0 Å². The van der Waals surface area contributed by atoms with E-state index in [1.54, 1.807) is 0 Å². The Morgan fingerprint density at radius 3 is 2.40 bits per heavy atom. The van der Waals surface area contributed by atoms with E-state index in [2.05, 4.69) is 45.7 Å². The summed E-state index contributed by atoms with van der Waals surface area (Å²) in [6.45, 7) is 9.49. The quantitative estimate of drug-likeness (QED) is 0.741. The molecule has 2 rings (SSSR count). The van der Waals surface area contributed by atoms with Crippen molar-refractivity contribution in [2.24, 2.45) is 23.2 Å². The Bertz CT molecular complexity index is 364. The molecule has 2 aliphatic rings. The monoisotopic (exact) mass is 276 g/mol. The minimum Gasteiger partial charge on any atom is -0.299 e. The highest BCUT2D eigenvalue weighted by Gasteiger charge is 2.42. The Balaban J connectivity index is 2.08. The van der Waals surface area contributed by atoms with Gasteiger partial charge in [0, 0.05) is 12.1 Å². The Hall–Kier alpha value is -0.550. The van der Waals surface area contributed by atoms with Gasteiger partial charge >= 0.3 is 0 Å². The van der Waals surface area contributed by atoms with Crippen molar-refractivity contribution in [1.29, 1.82) is 5.26 Å².